The lowest BCUT2D eigenvalue weighted by Crippen LogP contribution is -2.28. The maximum Gasteiger partial charge on any atom is 0.0713 e. The van der Waals surface area contributed by atoms with Gasteiger partial charge in [0, 0.05) is 40.3 Å². The minimum Gasteiger partial charge on any atom is -0.135 e. The Balaban J connectivity index is 1.10. The van der Waals surface area contributed by atoms with Crippen LogP contribution in [0.3, 0.4) is 0 Å². The summed E-state index contributed by atoms with van der Waals surface area (Å²) in [4.78, 5) is 0. The van der Waals surface area contributed by atoms with E-state index >= 15 is 0 Å². The quantitative estimate of drug-likeness (QED) is 0.173. The van der Waals surface area contributed by atoms with Crippen molar-refractivity contribution in [3.8, 4) is 33.4 Å². The Hall–Kier alpha value is -5.80. The number of benzene rings is 8. The van der Waals surface area contributed by atoms with Crippen LogP contribution in [0.5, 0.6) is 0 Å². The van der Waals surface area contributed by atoms with Crippen molar-refractivity contribution >= 4 is 63.0 Å². The molecule has 0 amide bonds. The third-order valence-corrected chi connectivity index (χ3v) is 13.5. The molecule has 8 aromatic carbocycles. The molecule has 0 fully saturated rings. The molecule has 51 heavy (non-hydrogen) atoms. The molecule has 0 radical (unpaired) electrons. The fraction of sp³-hybridized carbons (Fsp3) is 0.0204. The van der Waals surface area contributed by atoms with Crippen LogP contribution >= 0.6 is 22.7 Å². The van der Waals surface area contributed by atoms with Crippen LogP contribution in [0.1, 0.15) is 22.3 Å². The van der Waals surface area contributed by atoms with Crippen LogP contribution in [0.2, 0.25) is 0 Å². The van der Waals surface area contributed by atoms with Crippen LogP contribution in [0.4, 0.5) is 0 Å². The first-order valence-corrected chi connectivity index (χ1v) is 19.1. The molecule has 10 aromatic rings. The van der Waals surface area contributed by atoms with Crippen LogP contribution in [-0.2, 0) is 5.41 Å². The van der Waals surface area contributed by atoms with Crippen molar-refractivity contribution < 1.29 is 0 Å². The van der Waals surface area contributed by atoms with Gasteiger partial charge in [-0.05, 0) is 67.8 Å². The lowest BCUT2D eigenvalue weighted by atomic mass is 9.67. The normalized spacial score (nSPS) is 13.3. The van der Waals surface area contributed by atoms with Crippen LogP contribution in [0, 0.1) is 0 Å². The van der Waals surface area contributed by atoms with Gasteiger partial charge in [-0.2, -0.15) is 0 Å². The Labute approximate surface area is 304 Å². The zero-order chi connectivity index (χ0) is 33.5. The smallest absolute Gasteiger partial charge is 0.0713 e. The summed E-state index contributed by atoms with van der Waals surface area (Å²) in [6.07, 6.45) is 0. The summed E-state index contributed by atoms with van der Waals surface area (Å²) in [5, 5.41) is 5.33. The lowest BCUT2D eigenvalue weighted by Gasteiger charge is -2.34. The highest BCUT2D eigenvalue weighted by atomic mass is 32.1. The number of thiophene rings is 2. The van der Waals surface area contributed by atoms with Crippen LogP contribution in [-0.4, -0.2) is 0 Å². The fourth-order valence-corrected chi connectivity index (χ4v) is 11.2. The third kappa shape index (κ3) is 4.12. The highest BCUT2D eigenvalue weighted by molar-refractivity contribution is 7.26. The first kappa shape index (κ1) is 29.0. The van der Waals surface area contributed by atoms with E-state index in [1.165, 1.54) is 96.0 Å². The Morgan fingerprint density at radius 1 is 0.294 bits per heavy atom. The molecule has 238 valence electrons. The Bertz CT molecular complexity index is 2750. The van der Waals surface area contributed by atoms with Crippen LogP contribution in [0.15, 0.2) is 182 Å². The molecule has 2 heteroatoms. The summed E-state index contributed by atoms with van der Waals surface area (Å²) in [6, 6.07) is 67.9. The van der Waals surface area contributed by atoms with Gasteiger partial charge in [0.1, 0.15) is 0 Å². The van der Waals surface area contributed by atoms with Crippen molar-refractivity contribution in [2.24, 2.45) is 0 Å². The van der Waals surface area contributed by atoms with E-state index in [-0.39, 0.29) is 0 Å². The van der Waals surface area contributed by atoms with Gasteiger partial charge in [0.25, 0.3) is 0 Å². The van der Waals surface area contributed by atoms with E-state index in [0.29, 0.717) is 0 Å². The van der Waals surface area contributed by atoms with Crippen molar-refractivity contribution in [1.82, 2.24) is 0 Å². The number of fused-ring (bicyclic) bond motifs is 9. The van der Waals surface area contributed by atoms with Crippen molar-refractivity contribution in [2.45, 2.75) is 5.41 Å². The summed E-state index contributed by atoms with van der Waals surface area (Å²) in [5.41, 5.74) is 12.5. The molecule has 2 aromatic heterocycles. The van der Waals surface area contributed by atoms with Gasteiger partial charge in [-0.3, -0.25) is 0 Å². The molecule has 0 bridgehead atoms. The summed E-state index contributed by atoms with van der Waals surface area (Å²) in [7, 11) is 0. The standard InChI is InChI=1S/C49H30S2/c1-5-19-43-37(11-1)38-12-2-6-20-44(38)49(43,33-27-23-31(24-28-33)35-15-9-17-41-39-13-3-7-21-45(39)50-47(35)41)34-29-25-32(26-30-34)36-16-10-18-42-40-14-4-8-22-46(40)51-48(36)42/h1-30H. The van der Waals surface area contributed by atoms with Gasteiger partial charge in [-0.25, -0.2) is 0 Å². The lowest BCUT2D eigenvalue weighted by molar-refractivity contribution is 0.769. The van der Waals surface area contributed by atoms with Gasteiger partial charge in [0.05, 0.1) is 5.41 Å². The Morgan fingerprint density at radius 2 is 0.667 bits per heavy atom. The molecule has 0 N–H and O–H groups in total. The largest absolute Gasteiger partial charge is 0.135 e. The van der Waals surface area contributed by atoms with Crippen LogP contribution in [0.25, 0.3) is 73.7 Å². The van der Waals surface area contributed by atoms with Crippen molar-refractivity contribution in [2.75, 3.05) is 0 Å². The zero-order valence-corrected chi connectivity index (χ0v) is 29.3. The predicted molar refractivity (Wildman–Crippen MR) is 220 cm³/mol. The highest BCUT2D eigenvalue weighted by Gasteiger charge is 2.45. The Kier molecular flexibility index (Phi) is 6.31. The molecule has 0 atom stereocenters. The molecular formula is C49H30S2. The van der Waals surface area contributed by atoms with Gasteiger partial charge in [-0.1, -0.05) is 170 Å². The first-order chi connectivity index (χ1) is 25.3. The number of hydrogen-bond acceptors (Lipinski definition) is 2. The fourth-order valence-electron chi connectivity index (χ4n) is 8.77. The molecule has 0 saturated heterocycles. The molecule has 0 saturated carbocycles. The van der Waals surface area contributed by atoms with E-state index in [1.807, 2.05) is 22.7 Å². The van der Waals surface area contributed by atoms with E-state index in [9.17, 15) is 0 Å². The predicted octanol–water partition coefficient (Wildman–Crippen LogP) is 14.1. The van der Waals surface area contributed by atoms with Gasteiger partial charge in [0.2, 0.25) is 0 Å². The van der Waals surface area contributed by atoms with Gasteiger partial charge < -0.3 is 0 Å². The molecule has 1 aliphatic carbocycles. The topological polar surface area (TPSA) is 0 Å². The summed E-state index contributed by atoms with van der Waals surface area (Å²) >= 11 is 3.78. The SMILES string of the molecule is c1ccc2c(c1)-c1ccccc1C2(c1ccc(-c2cccc3c2sc2ccccc23)cc1)c1ccc(-c2cccc3c2sc2ccccc23)cc1. The van der Waals surface area contributed by atoms with Crippen molar-refractivity contribution in [1.29, 1.82) is 0 Å². The molecule has 0 unspecified atom stereocenters. The van der Waals surface area contributed by atoms with E-state index in [1.54, 1.807) is 0 Å². The second-order valence-corrected chi connectivity index (χ2v) is 15.7. The first-order valence-electron chi connectivity index (χ1n) is 17.5. The monoisotopic (exact) mass is 682 g/mol. The molecule has 0 nitrogen and oxygen atoms in total. The molecule has 1 aliphatic rings. The second kappa shape index (κ2) is 11.1. The van der Waals surface area contributed by atoms with Crippen LogP contribution < -0.4 is 0 Å². The summed E-state index contributed by atoms with van der Waals surface area (Å²) < 4.78 is 5.37. The molecular weight excluding hydrogens is 653 g/mol. The number of rotatable bonds is 4. The van der Waals surface area contributed by atoms with E-state index in [4.69, 9.17) is 0 Å². The van der Waals surface area contributed by atoms with E-state index in [0.717, 1.165) is 0 Å². The summed E-state index contributed by atoms with van der Waals surface area (Å²) in [6.45, 7) is 0. The summed E-state index contributed by atoms with van der Waals surface area (Å²) in [5.74, 6) is 0. The van der Waals surface area contributed by atoms with Gasteiger partial charge in [-0.15, -0.1) is 22.7 Å². The molecule has 0 spiro atoms. The maximum absolute atomic E-state index is 2.38. The maximum atomic E-state index is 2.38. The molecule has 0 aliphatic heterocycles. The van der Waals surface area contributed by atoms with Crippen molar-refractivity contribution in [3.63, 3.8) is 0 Å². The Morgan fingerprint density at radius 3 is 1.14 bits per heavy atom. The number of hydrogen-bond donors (Lipinski definition) is 0. The zero-order valence-electron chi connectivity index (χ0n) is 27.6. The highest BCUT2D eigenvalue weighted by Crippen LogP contribution is 2.56. The van der Waals surface area contributed by atoms with Gasteiger partial charge in [0.15, 0.2) is 0 Å². The minimum atomic E-state index is -0.447. The van der Waals surface area contributed by atoms with E-state index < -0.39 is 5.41 Å². The molecule has 11 rings (SSSR count). The van der Waals surface area contributed by atoms with Crippen molar-refractivity contribution in [3.05, 3.63) is 204 Å². The van der Waals surface area contributed by atoms with E-state index in [2.05, 4.69) is 182 Å². The third-order valence-electron chi connectivity index (χ3n) is 11.0. The second-order valence-electron chi connectivity index (χ2n) is 13.6. The average molecular weight is 683 g/mol. The average Bonchev–Trinajstić information content (AvgIpc) is 3.87. The van der Waals surface area contributed by atoms with Gasteiger partial charge >= 0.3 is 0 Å². The molecule has 2 heterocycles. The minimum absolute atomic E-state index is 0.447.